The number of hydrogen-bond donors (Lipinski definition) is 2. The molecule has 1 saturated heterocycles. The largest absolute Gasteiger partial charge is 0.478 e. The maximum absolute atomic E-state index is 13.1. The van der Waals surface area contributed by atoms with Crippen LogP contribution in [0.3, 0.4) is 0 Å². The van der Waals surface area contributed by atoms with Crippen molar-refractivity contribution in [2.45, 2.75) is 6.54 Å². The molecule has 0 aliphatic carbocycles. The van der Waals surface area contributed by atoms with Gasteiger partial charge < -0.3 is 15.1 Å². The number of aromatic nitrogens is 3. The zero-order valence-electron chi connectivity index (χ0n) is 18.3. The zero-order chi connectivity index (χ0) is 24.3. The molecule has 0 bridgehead atoms. The fourth-order valence-corrected chi connectivity index (χ4v) is 3.34. The number of carboxylic acid groups (broad SMARTS) is 2. The summed E-state index contributed by atoms with van der Waals surface area (Å²) in [5.41, 5.74) is 3.15. The molecule has 4 rings (SSSR count). The maximum Gasteiger partial charge on any atom is 0.328 e. The fourth-order valence-electron chi connectivity index (χ4n) is 3.34. The number of halogens is 1. The molecule has 3 heterocycles. The molecule has 1 aliphatic rings. The van der Waals surface area contributed by atoms with E-state index in [1.807, 2.05) is 18.5 Å². The first-order valence-corrected chi connectivity index (χ1v) is 10.5. The number of piperazine rings is 1. The highest BCUT2D eigenvalue weighted by Crippen LogP contribution is 2.21. The summed E-state index contributed by atoms with van der Waals surface area (Å²) in [5, 5.41) is 15.6. The van der Waals surface area contributed by atoms with Crippen molar-refractivity contribution >= 4 is 17.9 Å². The van der Waals surface area contributed by atoms with Crippen LogP contribution in [0.25, 0.3) is 11.1 Å². The quantitative estimate of drug-likeness (QED) is 0.530. The van der Waals surface area contributed by atoms with E-state index in [4.69, 9.17) is 10.2 Å². The molecule has 3 aromatic rings. The first-order valence-electron chi connectivity index (χ1n) is 10.5. The molecule has 1 aromatic carbocycles. The highest BCUT2D eigenvalue weighted by molar-refractivity contribution is 5.89. The molecule has 9 nitrogen and oxygen atoms in total. The van der Waals surface area contributed by atoms with Crippen molar-refractivity contribution in [2.75, 3.05) is 31.1 Å². The Labute approximate surface area is 195 Å². The van der Waals surface area contributed by atoms with Gasteiger partial charge in [-0.15, -0.1) is 0 Å². The monoisotopic (exact) mass is 465 g/mol. The fraction of sp³-hybridized carbons (Fsp3) is 0.208. The Morgan fingerprint density at radius 2 is 1.53 bits per heavy atom. The summed E-state index contributed by atoms with van der Waals surface area (Å²) in [4.78, 5) is 36.7. The highest BCUT2D eigenvalue weighted by Gasteiger charge is 2.19. The number of hydrogen-bond acceptors (Lipinski definition) is 7. The maximum atomic E-state index is 13.1. The minimum absolute atomic E-state index is 0.224. The molecule has 0 unspecified atom stereocenters. The third-order valence-corrected chi connectivity index (χ3v) is 4.95. The Hall–Kier alpha value is -4.18. The van der Waals surface area contributed by atoms with Gasteiger partial charge in [0, 0.05) is 75.2 Å². The van der Waals surface area contributed by atoms with Crippen LogP contribution >= 0.6 is 0 Å². The second-order valence-corrected chi connectivity index (χ2v) is 7.41. The third-order valence-electron chi connectivity index (χ3n) is 4.95. The molecule has 0 saturated carbocycles. The minimum Gasteiger partial charge on any atom is -0.478 e. The Bertz CT molecular complexity index is 1100. The second kappa shape index (κ2) is 12.2. The molecule has 10 heteroatoms. The van der Waals surface area contributed by atoms with Crippen LogP contribution in [0.2, 0.25) is 0 Å². The van der Waals surface area contributed by atoms with Gasteiger partial charge in [-0.3, -0.25) is 9.88 Å². The highest BCUT2D eigenvalue weighted by atomic mass is 19.1. The first-order chi connectivity index (χ1) is 16.4. The van der Waals surface area contributed by atoms with Crippen molar-refractivity contribution in [1.82, 2.24) is 19.9 Å². The summed E-state index contributed by atoms with van der Waals surface area (Å²) in [6.07, 6.45) is 8.40. The number of carbonyl (C=O) groups is 2. The van der Waals surface area contributed by atoms with E-state index in [2.05, 4.69) is 30.8 Å². The summed E-state index contributed by atoms with van der Waals surface area (Å²) in [6, 6.07) is 10.5. The van der Waals surface area contributed by atoms with Crippen molar-refractivity contribution in [3.05, 3.63) is 84.7 Å². The van der Waals surface area contributed by atoms with Gasteiger partial charge in [0.2, 0.25) is 5.95 Å². The lowest BCUT2D eigenvalue weighted by atomic mass is 10.1. The van der Waals surface area contributed by atoms with Gasteiger partial charge in [0.05, 0.1) is 0 Å². The number of rotatable bonds is 6. The number of aliphatic carboxylic acids is 2. The van der Waals surface area contributed by atoms with E-state index in [9.17, 15) is 14.0 Å². The van der Waals surface area contributed by atoms with E-state index >= 15 is 0 Å². The van der Waals surface area contributed by atoms with Gasteiger partial charge >= 0.3 is 11.9 Å². The van der Waals surface area contributed by atoms with Gasteiger partial charge in [0.15, 0.2) is 0 Å². The van der Waals surface area contributed by atoms with Crippen molar-refractivity contribution in [3.63, 3.8) is 0 Å². The smallest absolute Gasteiger partial charge is 0.328 e. The predicted molar refractivity (Wildman–Crippen MR) is 124 cm³/mol. The third kappa shape index (κ3) is 7.75. The van der Waals surface area contributed by atoms with E-state index in [0.717, 1.165) is 55.4 Å². The van der Waals surface area contributed by atoms with Gasteiger partial charge in [-0.25, -0.2) is 23.9 Å². The van der Waals surface area contributed by atoms with E-state index in [-0.39, 0.29) is 5.82 Å². The number of anilines is 1. The molecular formula is C24H24FN5O4. The van der Waals surface area contributed by atoms with Crippen LogP contribution in [0.5, 0.6) is 0 Å². The Balaban J connectivity index is 0.000000350. The SMILES string of the molecule is Fc1ccc(-c2cncc(CN3CCN(c4ncccn4)CC3)c2)cc1.O=C(O)C=CC(=O)O. The van der Waals surface area contributed by atoms with Crippen molar-refractivity contribution < 1.29 is 24.2 Å². The van der Waals surface area contributed by atoms with Crippen molar-refractivity contribution in [3.8, 4) is 11.1 Å². The summed E-state index contributed by atoms with van der Waals surface area (Å²) in [6.45, 7) is 4.59. The van der Waals surface area contributed by atoms with E-state index < -0.39 is 11.9 Å². The Morgan fingerprint density at radius 3 is 2.12 bits per heavy atom. The molecule has 176 valence electrons. The van der Waals surface area contributed by atoms with Crippen LogP contribution in [0.15, 0.2) is 73.3 Å². The summed E-state index contributed by atoms with van der Waals surface area (Å²) < 4.78 is 13.1. The predicted octanol–water partition coefficient (Wildman–Crippen LogP) is 2.71. The summed E-state index contributed by atoms with van der Waals surface area (Å²) in [7, 11) is 0. The summed E-state index contributed by atoms with van der Waals surface area (Å²) >= 11 is 0. The standard InChI is InChI=1S/C20H20FN5.C4H4O4/c21-19-4-2-17(3-5-19)18-12-16(13-22-14-18)15-25-8-10-26(11-9-25)20-23-6-1-7-24-20;5-3(6)1-2-4(7)8/h1-7,12-14H,8-11,15H2;1-2H,(H,5,6)(H,7,8). The topological polar surface area (TPSA) is 120 Å². The van der Waals surface area contributed by atoms with Gasteiger partial charge in [-0.2, -0.15) is 0 Å². The Kier molecular flexibility index (Phi) is 8.75. The summed E-state index contributed by atoms with van der Waals surface area (Å²) in [5.74, 6) is -1.94. The van der Waals surface area contributed by atoms with Crippen LogP contribution in [0.1, 0.15) is 5.56 Å². The van der Waals surface area contributed by atoms with E-state index in [1.54, 1.807) is 24.5 Å². The second-order valence-electron chi connectivity index (χ2n) is 7.41. The average Bonchev–Trinajstić information content (AvgIpc) is 2.85. The van der Waals surface area contributed by atoms with Gasteiger partial charge in [0.25, 0.3) is 0 Å². The lowest BCUT2D eigenvalue weighted by Gasteiger charge is -2.34. The molecule has 34 heavy (non-hydrogen) atoms. The number of pyridine rings is 1. The minimum atomic E-state index is -1.26. The molecule has 2 aromatic heterocycles. The van der Waals surface area contributed by atoms with E-state index in [0.29, 0.717) is 12.2 Å². The Morgan fingerprint density at radius 1 is 0.912 bits per heavy atom. The van der Waals surface area contributed by atoms with Gasteiger partial charge in [0.1, 0.15) is 5.82 Å². The number of carboxylic acids is 2. The van der Waals surface area contributed by atoms with Crippen LogP contribution in [-0.4, -0.2) is 68.2 Å². The van der Waals surface area contributed by atoms with Gasteiger partial charge in [-0.1, -0.05) is 12.1 Å². The molecule has 1 fully saturated rings. The number of nitrogens with zero attached hydrogens (tertiary/aromatic N) is 5. The van der Waals surface area contributed by atoms with Gasteiger partial charge in [-0.05, 0) is 35.4 Å². The average molecular weight is 465 g/mol. The molecule has 0 spiro atoms. The number of benzene rings is 1. The molecule has 0 atom stereocenters. The lowest BCUT2D eigenvalue weighted by molar-refractivity contribution is -0.134. The lowest BCUT2D eigenvalue weighted by Crippen LogP contribution is -2.46. The van der Waals surface area contributed by atoms with Crippen molar-refractivity contribution in [2.24, 2.45) is 0 Å². The molecular weight excluding hydrogens is 441 g/mol. The van der Waals surface area contributed by atoms with E-state index in [1.165, 1.54) is 12.1 Å². The normalized spacial score (nSPS) is 13.9. The van der Waals surface area contributed by atoms with Crippen LogP contribution in [-0.2, 0) is 16.1 Å². The first kappa shape index (κ1) is 24.5. The molecule has 2 N–H and O–H groups in total. The molecule has 0 radical (unpaired) electrons. The van der Waals surface area contributed by atoms with Crippen LogP contribution in [0.4, 0.5) is 10.3 Å². The molecule has 0 amide bonds. The van der Waals surface area contributed by atoms with Crippen LogP contribution in [0, 0.1) is 5.82 Å². The zero-order valence-corrected chi connectivity index (χ0v) is 18.3. The van der Waals surface area contributed by atoms with Crippen LogP contribution < -0.4 is 4.90 Å². The molecule has 1 aliphatic heterocycles. The van der Waals surface area contributed by atoms with Crippen molar-refractivity contribution in [1.29, 1.82) is 0 Å².